The molecule has 4 rings (SSSR count). The van der Waals surface area contributed by atoms with Gasteiger partial charge in [0.25, 0.3) is 5.91 Å². The number of nitrogens with zero attached hydrogens (tertiary/aromatic N) is 3. The first-order valence-corrected chi connectivity index (χ1v) is 10.4. The van der Waals surface area contributed by atoms with Crippen LogP contribution in [0.4, 0.5) is 0 Å². The topological polar surface area (TPSA) is 93.9 Å². The minimum absolute atomic E-state index is 0.0482. The first-order valence-electron chi connectivity index (χ1n) is 8.11. The van der Waals surface area contributed by atoms with Gasteiger partial charge in [-0.3, -0.25) is 4.79 Å². The van der Waals surface area contributed by atoms with Crippen LogP contribution in [0.5, 0.6) is 0 Å². The SMILES string of the molecule is O=C(N[C@H]1CCc2ncnn2C1)c1ccc(S(=O)(=O)c2ccccc2)s1. The predicted molar refractivity (Wildman–Crippen MR) is 95.8 cm³/mol. The highest BCUT2D eigenvalue weighted by atomic mass is 32.2. The van der Waals surface area contributed by atoms with Gasteiger partial charge in [0, 0.05) is 12.5 Å². The summed E-state index contributed by atoms with van der Waals surface area (Å²) in [5.74, 6) is 0.654. The molecule has 7 nitrogen and oxygen atoms in total. The number of rotatable bonds is 4. The Morgan fingerprint density at radius 3 is 2.81 bits per heavy atom. The summed E-state index contributed by atoms with van der Waals surface area (Å²) in [6, 6.07) is 11.2. The summed E-state index contributed by atoms with van der Waals surface area (Å²) >= 11 is 0.984. The molecule has 0 saturated heterocycles. The van der Waals surface area contributed by atoms with Crippen molar-refractivity contribution in [2.45, 2.75) is 34.5 Å². The highest BCUT2D eigenvalue weighted by Gasteiger charge is 2.24. The van der Waals surface area contributed by atoms with E-state index >= 15 is 0 Å². The highest BCUT2D eigenvalue weighted by molar-refractivity contribution is 7.93. The molecule has 0 bridgehead atoms. The number of thiophene rings is 1. The zero-order valence-corrected chi connectivity index (χ0v) is 15.3. The number of aryl methyl sites for hydroxylation is 1. The van der Waals surface area contributed by atoms with Crippen LogP contribution in [0.3, 0.4) is 0 Å². The van der Waals surface area contributed by atoms with E-state index in [4.69, 9.17) is 0 Å². The van der Waals surface area contributed by atoms with Crippen molar-refractivity contribution < 1.29 is 13.2 Å². The van der Waals surface area contributed by atoms with Gasteiger partial charge in [-0.25, -0.2) is 18.1 Å². The normalized spacial score (nSPS) is 16.8. The monoisotopic (exact) mass is 388 g/mol. The van der Waals surface area contributed by atoms with Crippen molar-refractivity contribution in [2.24, 2.45) is 0 Å². The molecule has 3 heterocycles. The fourth-order valence-corrected chi connectivity index (χ4v) is 5.55. The Hall–Kier alpha value is -2.52. The lowest BCUT2D eigenvalue weighted by molar-refractivity contribution is 0.0930. The summed E-state index contributed by atoms with van der Waals surface area (Å²) in [5.41, 5.74) is 0. The Morgan fingerprint density at radius 1 is 1.19 bits per heavy atom. The lowest BCUT2D eigenvalue weighted by Gasteiger charge is -2.23. The van der Waals surface area contributed by atoms with Gasteiger partial charge in [-0.05, 0) is 30.7 Å². The van der Waals surface area contributed by atoms with Crippen LogP contribution >= 0.6 is 11.3 Å². The van der Waals surface area contributed by atoms with Crippen LogP contribution in [0.25, 0.3) is 0 Å². The second kappa shape index (κ2) is 6.65. The third-order valence-electron chi connectivity index (χ3n) is 4.26. The molecular formula is C17H16N4O3S2. The van der Waals surface area contributed by atoms with Gasteiger partial charge >= 0.3 is 0 Å². The molecular weight excluding hydrogens is 372 g/mol. The number of aromatic nitrogens is 3. The minimum atomic E-state index is -3.60. The molecule has 0 fully saturated rings. The van der Waals surface area contributed by atoms with E-state index in [9.17, 15) is 13.2 Å². The first kappa shape index (κ1) is 16.9. The van der Waals surface area contributed by atoms with Crippen LogP contribution < -0.4 is 5.32 Å². The van der Waals surface area contributed by atoms with Gasteiger partial charge in [-0.1, -0.05) is 18.2 Å². The molecule has 0 unspecified atom stereocenters. The van der Waals surface area contributed by atoms with Crippen LogP contribution in [0.2, 0.25) is 0 Å². The van der Waals surface area contributed by atoms with Gasteiger partial charge in [-0.2, -0.15) is 5.10 Å². The molecule has 2 aromatic heterocycles. The predicted octanol–water partition coefficient (Wildman–Crippen LogP) is 1.92. The third-order valence-corrected chi connectivity index (χ3v) is 7.61. The lowest BCUT2D eigenvalue weighted by atomic mass is 10.1. The number of carbonyl (C=O) groups is 1. The second-order valence-electron chi connectivity index (χ2n) is 6.00. The van der Waals surface area contributed by atoms with E-state index in [1.165, 1.54) is 12.4 Å². The third kappa shape index (κ3) is 3.15. The Balaban J connectivity index is 1.49. The molecule has 1 atom stereocenters. The van der Waals surface area contributed by atoms with E-state index < -0.39 is 9.84 Å². The van der Waals surface area contributed by atoms with E-state index in [1.807, 2.05) is 0 Å². The van der Waals surface area contributed by atoms with E-state index in [0.29, 0.717) is 11.4 Å². The van der Waals surface area contributed by atoms with Crippen molar-refractivity contribution >= 4 is 27.1 Å². The number of hydrogen-bond donors (Lipinski definition) is 1. The molecule has 0 spiro atoms. The molecule has 9 heteroatoms. The minimum Gasteiger partial charge on any atom is -0.347 e. The molecule has 1 aromatic carbocycles. The van der Waals surface area contributed by atoms with Gasteiger partial charge in [0.2, 0.25) is 9.84 Å². The molecule has 1 amide bonds. The molecule has 3 aromatic rings. The lowest BCUT2D eigenvalue weighted by Crippen LogP contribution is -2.41. The Morgan fingerprint density at radius 2 is 2.00 bits per heavy atom. The summed E-state index contributed by atoms with van der Waals surface area (Å²) in [4.78, 5) is 17.3. The standard InChI is InChI=1S/C17H16N4O3S2/c22-17(20-12-6-8-15-18-11-19-21(15)10-12)14-7-9-16(25-14)26(23,24)13-4-2-1-3-5-13/h1-5,7,9,11-12H,6,8,10H2,(H,20,22)/t12-/m0/s1. The van der Waals surface area contributed by atoms with Crippen molar-refractivity contribution in [3.63, 3.8) is 0 Å². The van der Waals surface area contributed by atoms with Crippen molar-refractivity contribution in [3.8, 4) is 0 Å². The van der Waals surface area contributed by atoms with E-state index in [1.54, 1.807) is 41.1 Å². The maximum atomic E-state index is 12.6. The fraction of sp³-hybridized carbons (Fsp3) is 0.235. The average molecular weight is 388 g/mol. The largest absolute Gasteiger partial charge is 0.347 e. The Bertz CT molecular complexity index is 1040. The summed E-state index contributed by atoms with van der Waals surface area (Å²) in [6.07, 6.45) is 3.05. The molecule has 1 aliphatic heterocycles. The van der Waals surface area contributed by atoms with Gasteiger partial charge in [-0.15, -0.1) is 11.3 Å². The van der Waals surface area contributed by atoms with Crippen molar-refractivity contribution in [1.82, 2.24) is 20.1 Å². The summed E-state index contributed by atoms with van der Waals surface area (Å²) in [6.45, 7) is 0.571. The maximum absolute atomic E-state index is 12.6. The zero-order chi connectivity index (χ0) is 18.1. The number of sulfone groups is 1. The van der Waals surface area contributed by atoms with E-state index in [2.05, 4.69) is 15.4 Å². The van der Waals surface area contributed by atoms with Crippen molar-refractivity contribution in [1.29, 1.82) is 0 Å². The van der Waals surface area contributed by atoms with Gasteiger partial charge < -0.3 is 5.32 Å². The number of nitrogens with one attached hydrogen (secondary N) is 1. The van der Waals surface area contributed by atoms with Gasteiger partial charge in [0.1, 0.15) is 16.4 Å². The van der Waals surface area contributed by atoms with Crippen LogP contribution in [0.1, 0.15) is 21.9 Å². The fourth-order valence-electron chi connectivity index (χ4n) is 2.91. The quantitative estimate of drug-likeness (QED) is 0.737. The van der Waals surface area contributed by atoms with E-state index in [0.717, 1.165) is 30.0 Å². The van der Waals surface area contributed by atoms with Crippen LogP contribution in [0.15, 0.2) is 57.9 Å². The number of carbonyl (C=O) groups excluding carboxylic acids is 1. The number of hydrogen-bond acceptors (Lipinski definition) is 6. The summed E-state index contributed by atoms with van der Waals surface area (Å²) in [7, 11) is -3.60. The number of fused-ring (bicyclic) bond motifs is 1. The maximum Gasteiger partial charge on any atom is 0.261 e. The van der Waals surface area contributed by atoms with Crippen LogP contribution in [0, 0.1) is 0 Å². The summed E-state index contributed by atoms with van der Waals surface area (Å²) in [5, 5.41) is 7.09. The van der Waals surface area contributed by atoms with Crippen molar-refractivity contribution in [3.05, 3.63) is 59.5 Å². The molecule has 26 heavy (non-hydrogen) atoms. The first-order chi connectivity index (χ1) is 12.5. The smallest absolute Gasteiger partial charge is 0.261 e. The van der Waals surface area contributed by atoms with Crippen molar-refractivity contribution in [2.75, 3.05) is 0 Å². The molecule has 134 valence electrons. The molecule has 1 N–H and O–H groups in total. The highest BCUT2D eigenvalue weighted by Crippen LogP contribution is 2.28. The van der Waals surface area contributed by atoms with E-state index in [-0.39, 0.29) is 21.1 Å². The molecule has 0 saturated carbocycles. The van der Waals surface area contributed by atoms with Gasteiger partial charge in [0.05, 0.1) is 16.3 Å². The average Bonchev–Trinajstić information content (AvgIpc) is 3.32. The Labute approximate surface area is 154 Å². The number of amides is 1. The Kier molecular flexibility index (Phi) is 4.33. The number of benzene rings is 1. The molecule has 0 aliphatic carbocycles. The van der Waals surface area contributed by atoms with Crippen LogP contribution in [-0.2, 0) is 22.8 Å². The second-order valence-corrected chi connectivity index (χ2v) is 9.26. The van der Waals surface area contributed by atoms with Crippen LogP contribution in [-0.4, -0.2) is 35.1 Å². The zero-order valence-electron chi connectivity index (χ0n) is 13.7. The van der Waals surface area contributed by atoms with Gasteiger partial charge in [0.15, 0.2) is 0 Å². The summed E-state index contributed by atoms with van der Waals surface area (Å²) < 4.78 is 27.2. The molecule has 0 radical (unpaired) electrons. The molecule has 1 aliphatic rings.